The molecule has 0 N–H and O–H groups in total. The zero-order valence-corrected chi connectivity index (χ0v) is 12.2. The molecule has 0 fully saturated rings. The van der Waals surface area contributed by atoms with Gasteiger partial charge in [-0.1, -0.05) is 42.1 Å². The van der Waals surface area contributed by atoms with E-state index in [9.17, 15) is 9.59 Å². The fourth-order valence-corrected chi connectivity index (χ4v) is 2.12. The Morgan fingerprint density at radius 2 is 1.85 bits per heavy atom. The van der Waals surface area contributed by atoms with Crippen LogP contribution in [-0.2, 0) is 0 Å². The zero-order valence-electron chi connectivity index (χ0n) is 11.4. The van der Waals surface area contributed by atoms with E-state index in [-0.39, 0.29) is 10.9 Å². The predicted molar refractivity (Wildman–Crippen MR) is 78.0 cm³/mol. The van der Waals surface area contributed by atoms with Gasteiger partial charge in [0, 0.05) is 19.7 Å². The molecule has 2 rings (SSSR count). The Labute approximate surface area is 120 Å². The minimum atomic E-state index is -0.464. The van der Waals surface area contributed by atoms with Crippen LogP contribution in [0.5, 0.6) is 0 Å². The number of hydrogen-bond donors (Lipinski definition) is 0. The van der Waals surface area contributed by atoms with Crippen molar-refractivity contribution in [1.29, 1.82) is 0 Å². The lowest BCUT2D eigenvalue weighted by Crippen LogP contribution is -2.38. The van der Waals surface area contributed by atoms with Crippen molar-refractivity contribution in [3.05, 3.63) is 40.7 Å². The van der Waals surface area contributed by atoms with E-state index in [0.717, 1.165) is 4.57 Å². The number of aromatic nitrogens is 3. The molecule has 1 aromatic carbocycles. The van der Waals surface area contributed by atoms with E-state index in [2.05, 4.69) is 10.2 Å². The molecule has 0 aliphatic carbocycles. The monoisotopic (exact) mass is 290 g/mol. The number of hydrogen-bond acceptors (Lipinski definition) is 5. The van der Waals surface area contributed by atoms with Crippen molar-refractivity contribution in [2.45, 2.75) is 5.16 Å². The number of rotatable bonds is 2. The van der Waals surface area contributed by atoms with Crippen LogP contribution in [0.1, 0.15) is 0 Å². The van der Waals surface area contributed by atoms with Crippen molar-refractivity contribution < 1.29 is 4.79 Å². The lowest BCUT2D eigenvalue weighted by molar-refractivity contribution is 0.215. The van der Waals surface area contributed by atoms with Crippen LogP contribution in [0.3, 0.4) is 0 Å². The Morgan fingerprint density at radius 1 is 1.20 bits per heavy atom. The molecule has 0 radical (unpaired) electrons. The number of thioether (sulfide) groups is 1. The molecule has 0 aliphatic heterocycles. The van der Waals surface area contributed by atoms with Gasteiger partial charge in [-0.15, -0.1) is 10.2 Å². The summed E-state index contributed by atoms with van der Waals surface area (Å²) in [5.74, 6) is 0. The van der Waals surface area contributed by atoms with Crippen molar-refractivity contribution >= 4 is 17.8 Å². The molecule has 1 aromatic heterocycles. The largest absolute Gasteiger partial charge is 0.332 e. The highest BCUT2D eigenvalue weighted by atomic mass is 32.2. The van der Waals surface area contributed by atoms with Gasteiger partial charge >= 0.3 is 6.03 Å². The molecule has 6 nitrogen and oxygen atoms in total. The van der Waals surface area contributed by atoms with Crippen molar-refractivity contribution in [1.82, 2.24) is 19.7 Å². The van der Waals surface area contributed by atoms with E-state index >= 15 is 0 Å². The minimum absolute atomic E-state index is 0.165. The smallest absolute Gasteiger partial charge is 0.330 e. The molecule has 20 heavy (non-hydrogen) atoms. The molecule has 7 heteroatoms. The topological polar surface area (TPSA) is 68.1 Å². The molecule has 2 aromatic rings. The van der Waals surface area contributed by atoms with Crippen LogP contribution in [0.25, 0.3) is 11.3 Å². The van der Waals surface area contributed by atoms with Crippen LogP contribution in [0.4, 0.5) is 4.79 Å². The Kier molecular flexibility index (Phi) is 4.19. The van der Waals surface area contributed by atoms with Gasteiger partial charge in [0.05, 0.1) is 0 Å². The Hall–Kier alpha value is -2.15. The first-order valence-electron chi connectivity index (χ1n) is 5.87. The first kappa shape index (κ1) is 14.3. The maximum absolute atomic E-state index is 12.5. The standard InChI is InChI=1S/C13H14N4O2S/c1-16(2)13(19)17-11(18)10(14-15-12(17)20-3)9-7-5-4-6-8-9/h4-8H,1-3H3. The first-order chi connectivity index (χ1) is 9.56. The van der Waals surface area contributed by atoms with Gasteiger partial charge in [0.25, 0.3) is 5.56 Å². The van der Waals surface area contributed by atoms with Gasteiger partial charge in [-0.05, 0) is 6.26 Å². The van der Waals surface area contributed by atoms with Crippen LogP contribution in [-0.4, -0.2) is 46.0 Å². The summed E-state index contributed by atoms with van der Waals surface area (Å²) in [6, 6.07) is 8.53. The Balaban J connectivity index is 2.67. The molecule has 104 valence electrons. The summed E-state index contributed by atoms with van der Waals surface area (Å²) in [5, 5.41) is 8.18. The Morgan fingerprint density at radius 3 is 2.40 bits per heavy atom. The number of carbonyl (C=O) groups excluding carboxylic acids is 1. The molecule has 0 unspecified atom stereocenters. The number of benzene rings is 1. The molecular formula is C13H14N4O2S. The number of amides is 1. The lowest BCUT2D eigenvalue weighted by Gasteiger charge is -2.14. The second-order valence-electron chi connectivity index (χ2n) is 4.22. The second kappa shape index (κ2) is 5.87. The van der Waals surface area contributed by atoms with Crippen molar-refractivity contribution in [3.8, 4) is 11.3 Å². The fourth-order valence-electron chi connectivity index (χ4n) is 1.65. The highest BCUT2D eigenvalue weighted by Gasteiger charge is 2.19. The van der Waals surface area contributed by atoms with Crippen molar-refractivity contribution in [2.24, 2.45) is 0 Å². The van der Waals surface area contributed by atoms with E-state index in [1.165, 1.54) is 16.7 Å². The number of nitrogens with zero attached hydrogens (tertiary/aromatic N) is 4. The quantitative estimate of drug-likeness (QED) is 0.785. The van der Waals surface area contributed by atoms with Gasteiger partial charge < -0.3 is 4.90 Å². The van der Waals surface area contributed by atoms with Crippen LogP contribution in [0.2, 0.25) is 0 Å². The van der Waals surface area contributed by atoms with Gasteiger partial charge in [-0.3, -0.25) is 4.79 Å². The molecule has 0 saturated heterocycles. The maximum Gasteiger partial charge on any atom is 0.332 e. The summed E-state index contributed by atoms with van der Waals surface area (Å²) < 4.78 is 1.04. The predicted octanol–water partition coefficient (Wildman–Crippen LogP) is 1.56. The molecule has 0 atom stereocenters. The van der Waals surface area contributed by atoms with Crippen LogP contribution in [0, 0.1) is 0 Å². The maximum atomic E-state index is 12.5. The molecule has 0 saturated carbocycles. The van der Waals surface area contributed by atoms with E-state index in [0.29, 0.717) is 5.56 Å². The summed E-state index contributed by atoms with van der Waals surface area (Å²) in [6.07, 6.45) is 1.74. The summed E-state index contributed by atoms with van der Waals surface area (Å²) in [5.41, 5.74) is 0.339. The molecular weight excluding hydrogens is 276 g/mol. The molecule has 0 bridgehead atoms. The molecule has 1 amide bonds. The average molecular weight is 290 g/mol. The van der Waals surface area contributed by atoms with Gasteiger partial charge in [-0.2, -0.15) is 0 Å². The van der Waals surface area contributed by atoms with E-state index in [1.807, 2.05) is 6.07 Å². The molecule has 0 aliphatic rings. The van der Waals surface area contributed by atoms with Crippen molar-refractivity contribution in [2.75, 3.05) is 20.4 Å². The normalized spacial score (nSPS) is 10.3. The highest BCUT2D eigenvalue weighted by molar-refractivity contribution is 7.98. The van der Waals surface area contributed by atoms with Gasteiger partial charge in [0.15, 0.2) is 5.69 Å². The number of carbonyl (C=O) groups is 1. The summed E-state index contributed by atoms with van der Waals surface area (Å²) in [6.45, 7) is 0. The zero-order chi connectivity index (χ0) is 14.7. The van der Waals surface area contributed by atoms with Crippen molar-refractivity contribution in [3.63, 3.8) is 0 Å². The fraction of sp³-hybridized carbons (Fsp3) is 0.231. The van der Waals surface area contributed by atoms with Crippen LogP contribution in [0.15, 0.2) is 40.3 Å². The summed E-state index contributed by atoms with van der Waals surface area (Å²) in [4.78, 5) is 26.0. The van der Waals surface area contributed by atoms with Crippen LogP contribution >= 0.6 is 11.8 Å². The minimum Gasteiger partial charge on any atom is -0.330 e. The van der Waals surface area contributed by atoms with E-state index < -0.39 is 11.6 Å². The average Bonchev–Trinajstić information content (AvgIpc) is 2.46. The summed E-state index contributed by atoms with van der Waals surface area (Å²) in [7, 11) is 3.17. The lowest BCUT2D eigenvalue weighted by atomic mass is 10.2. The van der Waals surface area contributed by atoms with Gasteiger partial charge in [-0.25, -0.2) is 9.36 Å². The Bertz CT molecular complexity index is 683. The third-order valence-corrected chi connectivity index (χ3v) is 3.27. The van der Waals surface area contributed by atoms with Gasteiger partial charge in [0.1, 0.15) is 0 Å². The first-order valence-corrected chi connectivity index (χ1v) is 7.09. The van der Waals surface area contributed by atoms with E-state index in [4.69, 9.17) is 0 Å². The highest BCUT2D eigenvalue weighted by Crippen LogP contribution is 2.14. The molecule has 1 heterocycles. The van der Waals surface area contributed by atoms with E-state index in [1.54, 1.807) is 44.6 Å². The summed E-state index contributed by atoms with van der Waals surface area (Å²) >= 11 is 1.20. The third-order valence-electron chi connectivity index (χ3n) is 2.64. The SMILES string of the molecule is CSc1nnc(-c2ccccc2)c(=O)n1C(=O)N(C)C. The third kappa shape index (κ3) is 2.57. The van der Waals surface area contributed by atoms with Crippen LogP contribution < -0.4 is 5.56 Å². The van der Waals surface area contributed by atoms with Gasteiger partial charge in [0.2, 0.25) is 5.16 Å². The molecule has 0 spiro atoms. The second-order valence-corrected chi connectivity index (χ2v) is 4.99.